The van der Waals surface area contributed by atoms with Gasteiger partial charge in [-0.2, -0.15) is 0 Å². The minimum atomic E-state index is 0.298. The number of nitrogens with zero attached hydrogens (tertiary/aromatic N) is 1. The summed E-state index contributed by atoms with van der Waals surface area (Å²) >= 11 is 0. The number of hydrogen-bond acceptors (Lipinski definition) is 2. The van der Waals surface area contributed by atoms with Gasteiger partial charge in [0.05, 0.1) is 0 Å². The molecule has 3 aromatic rings. The number of hydrogen-bond donors (Lipinski definition) is 1. The number of aryl methyl sites for hydroxylation is 2. The monoisotopic (exact) mass is 371 g/mol. The summed E-state index contributed by atoms with van der Waals surface area (Å²) in [5, 5.41) is 9.96. The molecule has 0 aliphatic carbocycles. The van der Waals surface area contributed by atoms with Crippen LogP contribution in [0.15, 0.2) is 84.4 Å². The van der Waals surface area contributed by atoms with Crippen molar-refractivity contribution in [2.24, 2.45) is 0 Å². The van der Waals surface area contributed by atoms with Gasteiger partial charge in [-0.3, -0.25) is 0 Å². The molecule has 2 nitrogen and oxygen atoms in total. The lowest BCUT2D eigenvalue weighted by atomic mass is 9.92. The summed E-state index contributed by atoms with van der Waals surface area (Å²) in [6, 6.07) is 27.0. The molecule has 0 aromatic heterocycles. The minimum absolute atomic E-state index is 0.298. The summed E-state index contributed by atoms with van der Waals surface area (Å²) in [6.07, 6.45) is 2.08. The molecule has 0 unspecified atom stereocenters. The van der Waals surface area contributed by atoms with E-state index in [1.807, 2.05) is 12.1 Å². The smallest absolute Gasteiger partial charge is 0.116 e. The SMILES string of the molecule is C/C(CN(C)C)=C(/c1ccc(CCc2ccccc2)cc1)c1cccc(O)c1. The van der Waals surface area contributed by atoms with Gasteiger partial charge in [0, 0.05) is 6.54 Å². The van der Waals surface area contributed by atoms with Crippen molar-refractivity contribution in [2.75, 3.05) is 20.6 Å². The first kappa shape index (κ1) is 19.9. The van der Waals surface area contributed by atoms with E-state index in [1.165, 1.54) is 27.8 Å². The Hall–Kier alpha value is -2.84. The van der Waals surface area contributed by atoms with E-state index in [9.17, 15) is 5.11 Å². The molecule has 2 heteroatoms. The average Bonchev–Trinajstić information content (AvgIpc) is 2.68. The molecular formula is C26H29NO. The molecule has 0 bridgehead atoms. The Morgan fingerprint density at radius 3 is 2.00 bits per heavy atom. The van der Waals surface area contributed by atoms with Gasteiger partial charge in [-0.05, 0) is 73.8 Å². The molecule has 3 aromatic carbocycles. The van der Waals surface area contributed by atoms with Crippen molar-refractivity contribution >= 4 is 5.57 Å². The van der Waals surface area contributed by atoms with Gasteiger partial charge in [-0.15, -0.1) is 0 Å². The van der Waals surface area contributed by atoms with Crippen LogP contribution in [-0.4, -0.2) is 30.6 Å². The van der Waals surface area contributed by atoms with E-state index in [2.05, 4.69) is 86.6 Å². The maximum atomic E-state index is 9.96. The van der Waals surface area contributed by atoms with Crippen LogP contribution < -0.4 is 0 Å². The Morgan fingerprint density at radius 2 is 1.39 bits per heavy atom. The third-order valence-electron chi connectivity index (χ3n) is 4.90. The highest BCUT2D eigenvalue weighted by atomic mass is 16.3. The molecular weight excluding hydrogens is 342 g/mol. The average molecular weight is 372 g/mol. The van der Waals surface area contributed by atoms with Crippen LogP contribution in [0.4, 0.5) is 0 Å². The van der Waals surface area contributed by atoms with Gasteiger partial charge in [-0.25, -0.2) is 0 Å². The van der Waals surface area contributed by atoms with Crippen molar-refractivity contribution in [1.82, 2.24) is 4.90 Å². The largest absolute Gasteiger partial charge is 0.508 e. The van der Waals surface area contributed by atoms with Crippen LogP contribution in [0.25, 0.3) is 5.57 Å². The van der Waals surface area contributed by atoms with Gasteiger partial charge in [0.25, 0.3) is 0 Å². The van der Waals surface area contributed by atoms with Crippen molar-refractivity contribution in [1.29, 1.82) is 0 Å². The van der Waals surface area contributed by atoms with Gasteiger partial charge in [0.1, 0.15) is 5.75 Å². The quantitative estimate of drug-likeness (QED) is 0.588. The van der Waals surface area contributed by atoms with E-state index in [0.717, 1.165) is 24.9 Å². The van der Waals surface area contributed by atoms with E-state index in [4.69, 9.17) is 0 Å². The van der Waals surface area contributed by atoms with E-state index in [0.29, 0.717) is 5.75 Å². The molecule has 0 heterocycles. The van der Waals surface area contributed by atoms with Crippen molar-refractivity contribution in [3.8, 4) is 5.75 Å². The summed E-state index contributed by atoms with van der Waals surface area (Å²) in [4.78, 5) is 2.17. The topological polar surface area (TPSA) is 23.5 Å². The van der Waals surface area contributed by atoms with Crippen LogP contribution in [0.1, 0.15) is 29.2 Å². The molecule has 28 heavy (non-hydrogen) atoms. The van der Waals surface area contributed by atoms with Crippen molar-refractivity contribution in [3.05, 3.63) is 107 Å². The zero-order chi connectivity index (χ0) is 19.9. The highest BCUT2D eigenvalue weighted by Gasteiger charge is 2.11. The number of phenols is 1. The highest BCUT2D eigenvalue weighted by Crippen LogP contribution is 2.29. The molecule has 0 aliphatic heterocycles. The zero-order valence-electron chi connectivity index (χ0n) is 17.0. The van der Waals surface area contributed by atoms with Gasteiger partial charge in [-0.1, -0.05) is 72.3 Å². The lowest BCUT2D eigenvalue weighted by Gasteiger charge is -2.17. The summed E-state index contributed by atoms with van der Waals surface area (Å²) in [6.45, 7) is 3.05. The molecule has 0 spiro atoms. The standard InChI is InChI=1S/C26H29NO/c1-20(19-27(2)3)26(24-10-7-11-25(28)18-24)23-16-14-22(15-17-23)13-12-21-8-5-4-6-9-21/h4-11,14-18,28H,12-13,19H2,1-3H3/b26-20+. The number of benzene rings is 3. The molecule has 0 radical (unpaired) electrons. The van der Waals surface area contributed by atoms with Crippen molar-refractivity contribution < 1.29 is 5.11 Å². The molecule has 0 fully saturated rings. The van der Waals surface area contributed by atoms with E-state index >= 15 is 0 Å². The van der Waals surface area contributed by atoms with Crippen LogP contribution in [0.2, 0.25) is 0 Å². The van der Waals surface area contributed by atoms with Gasteiger partial charge in [0.2, 0.25) is 0 Å². The molecule has 1 N–H and O–H groups in total. The maximum absolute atomic E-state index is 9.96. The van der Waals surface area contributed by atoms with Crippen LogP contribution in [0, 0.1) is 0 Å². The fraction of sp³-hybridized carbons (Fsp3) is 0.231. The Kier molecular flexibility index (Phi) is 6.67. The minimum Gasteiger partial charge on any atom is -0.508 e. The Morgan fingerprint density at radius 1 is 0.750 bits per heavy atom. The van der Waals surface area contributed by atoms with Gasteiger partial charge >= 0.3 is 0 Å². The number of phenolic OH excluding ortho intramolecular Hbond substituents is 1. The Balaban J connectivity index is 1.86. The summed E-state index contributed by atoms with van der Waals surface area (Å²) in [5.41, 5.74) is 7.43. The zero-order valence-corrected chi connectivity index (χ0v) is 17.0. The summed E-state index contributed by atoms with van der Waals surface area (Å²) in [5.74, 6) is 0.298. The van der Waals surface area contributed by atoms with Crippen LogP contribution >= 0.6 is 0 Å². The second kappa shape index (κ2) is 9.38. The third-order valence-corrected chi connectivity index (χ3v) is 4.90. The molecule has 0 atom stereocenters. The predicted octanol–water partition coefficient (Wildman–Crippen LogP) is 5.56. The summed E-state index contributed by atoms with van der Waals surface area (Å²) < 4.78 is 0. The summed E-state index contributed by atoms with van der Waals surface area (Å²) in [7, 11) is 4.16. The number of aromatic hydroxyl groups is 1. The van der Waals surface area contributed by atoms with Crippen molar-refractivity contribution in [3.63, 3.8) is 0 Å². The normalized spacial score (nSPS) is 12.1. The lowest BCUT2D eigenvalue weighted by molar-refractivity contribution is 0.446. The molecule has 0 amide bonds. The number of rotatable bonds is 7. The Bertz CT molecular complexity index is 924. The first-order valence-electron chi connectivity index (χ1n) is 9.80. The van der Waals surface area contributed by atoms with Crippen molar-refractivity contribution in [2.45, 2.75) is 19.8 Å². The van der Waals surface area contributed by atoms with E-state index < -0.39 is 0 Å². The lowest BCUT2D eigenvalue weighted by Crippen LogP contribution is -2.15. The molecule has 3 rings (SSSR count). The number of likely N-dealkylation sites (N-methyl/N-ethyl adjacent to an activating group) is 1. The molecule has 0 aliphatic rings. The van der Waals surface area contributed by atoms with Gasteiger partial charge in [0.15, 0.2) is 0 Å². The molecule has 0 saturated carbocycles. The molecule has 0 saturated heterocycles. The fourth-order valence-electron chi connectivity index (χ4n) is 3.65. The van der Waals surface area contributed by atoms with Crippen LogP contribution in [0.3, 0.4) is 0 Å². The third kappa shape index (κ3) is 5.34. The highest BCUT2D eigenvalue weighted by molar-refractivity contribution is 5.82. The van der Waals surface area contributed by atoms with Crippen LogP contribution in [-0.2, 0) is 12.8 Å². The van der Waals surface area contributed by atoms with Crippen LogP contribution in [0.5, 0.6) is 5.75 Å². The van der Waals surface area contributed by atoms with E-state index in [1.54, 1.807) is 6.07 Å². The predicted molar refractivity (Wildman–Crippen MR) is 119 cm³/mol. The first-order valence-corrected chi connectivity index (χ1v) is 9.80. The van der Waals surface area contributed by atoms with E-state index in [-0.39, 0.29) is 0 Å². The maximum Gasteiger partial charge on any atom is 0.116 e. The first-order chi connectivity index (χ1) is 13.5. The fourth-order valence-corrected chi connectivity index (χ4v) is 3.65. The second-order valence-corrected chi connectivity index (χ2v) is 7.63. The molecule has 144 valence electrons. The Labute approximate surface area is 168 Å². The second-order valence-electron chi connectivity index (χ2n) is 7.63. The van der Waals surface area contributed by atoms with Gasteiger partial charge < -0.3 is 10.0 Å².